The van der Waals surface area contributed by atoms with E-state index < -0.39 is 0 Å². The van der Waals surface area contributed by atoms with E-state index in [0.29, 0.717) is 32.0 Å². The molecule has 7 heteroatoms. The second-order valence-electron chi connectivity index (χ2n) is 6.87. The van der Waals surface area contributed by atoms with Gasteiger partial charge in [-0.3, -0.25) is 9.59 Å². The van der Waals surface area contributed by atoms with Crippen LogP contribution < -0.4 is 5.32 Å². The predicted octanol–water partition coefficient (Wildman–Crippen LogP) is 0.903. The smallest absolute Gasteiger partial charge is 0.246 e. The Morgan fingerprint density at radius 3 is 3.00 bits per heavy atom. The number of fused-ring (bicyclic) bond motifs is 1. The van der Waals surface area contributed by atoms with Crippen LogP contribution in [0.5, 0.6) is 0 Å². The number of carbonyl (C=O) groups is 2. The molecule has 24 heavy (non-hydrogen) atoms. The molecule has 1 aromatic heterocycles. The first kappa shape index (κ1) is 17.0. The molecule has 0 aliphatic carbocycles. The van der Waals surface area contributed by atoms with E-state index in [1.165, 1.54) is 0 Å². The van der Waals surface area contributed by atoms with E-state index in [0.717, 1.165) is 18.7 Å². The Kier molecular flexibility index (Phi) is 5.18. The SMILES string of the molecule is CC(C)c1nccn1CCC(=O)N1CC[C@@H]2NC(=O)CO[C@H]2CC1. The average molecular weight is 334 g/mol. The molecule has 7 nitrogen and oxygen atoms in total. The minimum absolute atomic E-state index is 0.0293. The van der Waals surface area contributed by atoms with Gasteiger partial charge in [0.1, 0.15) is 12.4 Å². The van der Waals surface area contributed by atoms with Crippen molar-refractivity contribution in [2.75, 3.05) is 19.7 Å². The quantitative estimate of drug-likeness (QED) is 0.888. The van der Waals surface area contributed by atoms with Crippen molar-refractivity contribution in [3.05, 3.63) is 18.2 Å². The number of imidazole rings is 1. The third-order valence-corrected chi connectivity index (χ3v) is 4.80. The van der Waals surface area contributed by atoms with Crippen molar-refractivity contribution in [3.8, 4) is 0 Å². The molecule has 0 aromatic carbocycles. The van der Waals surface area contributed by atoms with Gasteiger partial charge in [0.05, 0.1) is 12.1 Å². The maximum atomic E-state index is 12.6. The van der Waals surface area contributed by atoms with Gasteiger partial charge in [-0.1, -0.05) is 13.8 Å². The number of carbonyl (C=O) groups excluding carboxylic acids is 2. The Morgan fingerprint density at radius 2 is 2.21 bits per heavy atom. The Hall–Kier alpha value is -1.89. The number of hydrogen-bond donors (Lipinski definition) is 1. The lowest BCUT2D eigenvalue weighted by Crippen LogP contribution is -2.51. The zero-order valence-corrected chi connectivity index (χ0v) is 14.4. The average Bonchev–Trinajstić information content (AvgIpc) is 2.93. The molecule has 2 aliphatic rings. The molecule has 132 valence electrons. The summed E-state index contributed by atoms with van der Waals surface area (Å²) in [5.74, 6) is 1.46. The third-order valence-electron chi connectivity index (χ3n) is 4.80. The Labute approximate surface area is 142 Å². The van der Waals surface area contributed by atoms with E-state index in [9.17, 15) is 9.59 Å². The van der Waals surface area contributed by atoms with Crippen LogP contribution >= 0.6 is 0 Å². The number of rotatable bonds is 4. The Balaban J connectivity index is 1.54. The van der Waals surface area contributed by atoms with Gasteiger partial charge in [0.25, 0.3) is 0 Å². The number of hydrogen-bond acceptors (Lipinski definition) is 4. The summed E-state index contributed by atoms with van der Waals surface area (Å²) in [6, 6.07) is 0.0326. The second-order valence-corrected chi connectivity index (χ2v) is 6.87. The summed E-state index contributed by atoms with van der Waals surface area (Å²) in [5, 5.41) is 2.98. The monoisotopic (exact) mass is 334 g/mol. The number of aromatic nitrogens is 2. The highest BCUT2D eigenvalue weighted by Gasteiger charge is 2.33. The van der Waals surface area contributed by atoms with Crippen molar-refractivity contribution in [1.29, 1.82) is 0 Å². The van der Waals surface area contributed by atoms with Crippen molar-refractivity contribution in [1.82, 2.24) is 19.8 Å². The molecule has 0 unspecified atom stereocenters. The fourth-order valence-electron chi connectivity index (χ4n) is 3.51. The maximum Gasteiger partial charge on any atom is 0.246 e. The third kappa shape index (κ3) is 3.77. The molecule has 1 N–H and O–H groups in total. The van der Waals surface area contributed by atoms with Gasteiger partial charge in [-0.25, -0.2) is 4.98 Å². The van der Waals surface area contributed by atoms with Crippen molar-refractivity contribution < 1.29 is 14.3 Å². The van der Waals surface area contributed by atoms with Gasteiger partial charge in [0.15, 0.2) is 0 Å². The van der Waals surface area contributed by atoms with Crippen LogP contribution in [0.4, 0.5) is 0 Å². The second kappa shape index (κ2) is 7.34. The molecule has 2 amide bonds. The fourth-order valence-corrected chi connectivity index (χ4v) is 3.51. The van der Waals surface area contributed by atoms with Crippen molar-refractivity contribution in [2.45, 2.75) is 57.7 Å². The van der Waals surface area contributed by atoms with Crippen LogP contribution in [0.15, 0.2) is 12.4 Å². The lowest BCUT2D eigenvalue weighted by molar-refractivity contribution is -0.137. The van der Waals surface area contributed by atoms with Gasteiger partial charge in [0.2, 0.25) is 11.8 Å². The Morgan fingerprint density at radius 1 is 1.42 bits per heavy atom. The van der Waals surface area contributed by atoms with Crippen LogP contribution in [0.3, 0.4) is 0 Å². The maximum absolute atomic E-state index is 12.6. The molecule has 2 aliphatic heterocycles. The highest BCUT2D eigenvalue weighted by Crippen LogP contribution is 2.19. The molecule has 2 fully saturated rings. The summed E-state index contributed by atoms with van der Waals surface area (Å²) in [7, 11) is 0. The number of aryl methyl sites for hydroxylation is 1. The van der Waals surface area contributed by atoms with Crippen LogP contribution in [0, 0.1) is 0 Å². The van der Waals surface area contributed by atoms with Crippen molar-refractivity contribution in [2.24, 2.45) is 0 Å². The number of nitrogens with zero attached hydrogens (tertiary/aromatic N) is 3. The highest BCUT2D eigenvalue weighted by atomic mass is 16.5. The normalized spacial score (nSPS) is 24.5. The van der Waals surface area contributed by atoms with E-state index in [1.807, 2.05) is 11.1 Å². The van der Waals surface area contributed by atoms with Crippen molar-refractivity contribution in [3.63, 3.8) is 0 Å². The first-order valence-electron chi connectivity index (χ1n) is 8.74. The molecule has 2 saturated heterocycles. The topological polar surface area (TPSA) is 76.5 Å². The molecule has 0 saturated carbocycles. The lowest BCUT2D eigenvalue weighted by atomic mass is 10.0. The fraction of sp³-hybridized carbons (Fsp3) is 0.706. The summed E-state index contributed by atoms with van der Waals surface area (Å²) in [5.41, 5.74) is 0. The summed E-state index contributed by atoms with van der Waals surface area (Å²) in [6.07, 6.45) is 5.75. The van der Waals surface area contributed by atoms with Crippen LogP contribution in [-0.2, 0) is 20.9 Å². The number of nitrogens with one attached hydrogen (secondary N) is 1. The van der Waals surface area contributed by atoms with E-state index in [1.54, 1.807) is 6.20 Å². The zero-order chi connectivity index (χ0) is 17.1. The molecule has 2 atom stereocenters. The van der Waals surface area contributed by atoms with E-state index in [4.69, 9.17) is 4.74 Å². The number of ether oxygens (including phenoxy) is 1. The molecule has 0 spiro atoms. The van der Waals surface area contributed by atoms with Crippen molar-refractivity contribution >= 4 is 11.8 Å². The predicted molar refractivity (Wildman–Crippen MR) is 88.4 cm³/mol. The Bertz CT molecular complexity index is 598. The molecule has 0 radical (unpaired) electrons. The summed E-state index contributed by atoms with van der Waals surface area (Å²) >= 11 is 0. The molecule has 3 rings (SSSR count). The van der Waals surface area contributed by atoms with Crippen LogP contribution in [-0.4, -0.2) is 58.1 Å². The first-order chi connectivity index (χ1) is 11.5. The van der Waals surface area contributed by atoms with E-state index in [2.05, 4.69) is 28.7 Å². The minimum Gasteiger partial charge on any atom is -0.366 e. The van der Waals surface area contributed by atoms with Gasteiger partial charge in [-0.05, 0) is 12.8 Å². The minimum atomic E-state index is -0.0580. The summed E-state index contributed by atoms with van der Waals surface area (Å²) in [4.78, 5) is 30.3. The zero-order valence-electron chi connectivity index (χ0n) is 14.4. The lowest BCUT2D eigenvalue weighted by Gasteiger charge is -2.30. The van der Waals surface area contributed by atoms with Crippen LogP contribution in [0.25, 0.3) is 0 Å². The summed E-state index contributed by atoms with van der Waals surface area (Å²) in [6.45, 7) is 6.36. The van der Waals surface area contributed by atoms with Gasteiger partial charge in [0, 0.05) is 44.4 Å². The first-order valence-corrected chi connectivity index (χ1v) is 8.74. The summed E-state index contributed by atoms with van der Waals surface area (Å²) < 4.78 is 7.66. The van der Waals surface area contributed by atoms with Gasteiger partial charge in [-0.15, -0.1) is 0 Å². The molecule has 1 aromatic rings. The standard InChI is InChI=1S/C17H26N4O3/c1-12(2)17-18-6-10-21(17)9-5-16(23)20-7-3-13-14(4-8-20)24-11-15(22)19-13/h6,10,12-14H,3-5,7-9,11H2,1-2H3,(H,19,22)/t13-,14-/m0/s1. The highest BCUT2D eigenvalue weighted by molar-refractivity contribution is 5.78. The van der Waals surface area contributed by atoms with Gasteiger partial charge >= 0.3 is 0 Å². The number of morpholine rings is 1. The van der Waals surface area contributed by atoms with E-state index >= 15 is 0 Å². The number of likely N-dealkylation sites (tertiary alicyclic amines) is 1. The van der Waals surface area contributed by atoms with Gasteiger partial charge in [-0.2, -0.15) is 0 Å². The van der Waals surface area contributed by atoms with E-state index in [-0.39, 0.29) is 30.6 Å². The van der Waals surface area contributed by atoms with Gasteiger partial charge < -0.3 is 19.5 Å². The molecular formula is C17H26N4O3. The van der Waals surface area contributed by atoms with Crippen LogP contribution in [0.1, 0.15) is 44.9 Å². The molecule has 0 bridgehead atoms. The molecule has 3 heterocycles. The number of amides is 2. The largest absolute Gasteiger partial charge is 0.366 e. The van der Waals surface area contributed by atoms with Crippen LogP contribution in [0.2, 0.25) is 0 Å². The molecular weight excluding hydrogens is 308 g/mol.